The molecule has 0 spiro atoms. The summed E-state index contributed by atoms with van der Waals surface area (Å²) in [5.41, 5.74) is -0.202. The zero-order chi connectivity index (χ0) is 18.1. The molecule has 0 aromatic carbocycles. The molecule has 1 heterocycles. The maximum Gasteiger partial charge on any atom is 0.233 e. The first kappa shape index (κ1) is 18.7. The van der Waals surface area contributed by atoms with Gasteiger partial charge in [0.05, 0.1) is 11.8 Å². The van der Waals surface area contributed by atoms with E-state index in [1.807, 2.05) is 26.0 Å². The number of hydrogen-bond donors (Lipinski definition) is 1. The molecule has 0 unspecified atom stereocenters. The molecule has 3 amide bonds. The first-order valence-electron chi connectivity index (χ1n) is 8.81. The summed E-state index contributed by atoms with van der Waals surface area (Å²) >= 11 is 0. The molecule has 2 rings (SSSR count). The molecule has 5 heteroatoms. The van der Waals surface area contributed by atoms with Gasteiger partial charge in [0.25, 0.3) is 0 Å². The highest BCUT2D eigenvalue weighted by molar-refractivity contribution is 6.05. The minimum atomic E-state index is -0.313. The van der Waals surface area contributed by atoms with Crippen molar-refractivity contribution in [3.05, 3.63) is 12.2 Å². The van der Waals surface area contributed by atoms with E-state index in [9.17, 15) is 14.4 Å². The first-order valence-corrected chi connectivity index (χ1v) is 8.81. The van der Waals surface area contributed by atoms with Gasteiger partial charge in [-0.15, -0.1) is 0 Å². The summed E-state index contributed by atoms with van der Waals surface area (Å²) in [5, 5.41) is 3.03. The normalized spacial score (nSPS) is 24.3. The van der Waals surface area contributed by atoms with Crippen molar-refractivity contribution in [3.63, 3.8) is 0 Å². The van der Waals surface area contributed by atoms with E-state index in [1.165, 1.54) is 4.90 Å². The van der Waals surface area contributed by atoms with Crippen LogP contribution in [-0.4, -0.2) is 34.7 Å². The molecule has 134 valence electrons. The SMILES string of the molecule is CC(C)(C)CC(C)(C)NC(=O)CCN1C(=O)[C@H]2CC=CC[C@H]2C1=O. The van der Waals surface area contributed by atoms with E-state index in [-0.39, 0.29) is 53.5 Å². The lowest BCUT2D eigenvalue weighted by Crippen LogP contribution is -2.47. The molecule has 24 heavy (non-hydrogen) atoms. The molecule has 0 radical (unpaired) electrons. The smallest absolute Gasteiger partial charge is 0.233 e. The number of nitrogens with zero attached hydrogens (tertiary/aromatic N) is 1. The van der Waals surface area contributed by atoms with Gasteiger partial charge in [0.15, 0.2) is 0 Å². The maximum absolute atomic E-state index is 12.4. The summed E-state index contributed by atoms with van der Waals surface area (Å²) < 4.78 is 0. The van der Waals surface area contributed by atoms with Crippen LogP contribution in [0, 0.1) is 17.3 Å². The van der Waals surface area contributed by atoms with Crippen LogP contribution in [0.3, 0.4) is 0 Å². The van der Waals surface area contributed by atoms with Crippen LogP contribution in [0.1, 0.15) is 60.3 Å². The molecule has 2 aliphatic rings. The number of rotatable bonds is 5. The molecule has 0 aromatic heterocycles. The topological polar surface area (TPSA) is 66.5 Å². The lowest BCUT2D eigenvalue weighted by atomic mass is 9.82. The zero-order valence-corrected chi connectivity index (χ0v) is 15.5. The van der Waals surface area contributed by atoms with Gasteiger partial charge < -0.3 is 5.32 Å². The number of amides is 3. The van der Waals surface area contributed by atoms with Crippen molar-refractivity contribution in [1.29, 1.82) is 0 Å². The van der Waals surface area contributed by atoms with Gasteiger partial charge in [0.1, 0.15) is 0 Å². The Hall–Kier alpha value is -1.65. The van der Waals surface area contributed by atoms with Crippen LogP contribution in [0.15, 0.2) is 12.2 Å². The Kier molecular flexibility index (Phi) is 5.21. The van der Waals surface area contributed by atoms with Crippen molar-refractivity contribution in [3.8, 4) is 0 Å². The van der Waals surface area contributed by atoms with Crippen LogP contribution >= 0.6 is 0 Å². The number of likely N-dealkylation sites (tertiary alicyclic amines) is 1. The second-order valence-electron chi connectivity index (χ2n) is 8.90. The van der Waals surface area contributed by atoms with Crippen molar-refractivity contribution in [1.82, 2.24) is 10.2 Å². The Bertz CT molecular complexity index is 531. The minimum Gasteiger partial charge on any atom is -0.351 e. The molecule has 0 saturated carbocycles. The molecule has 1 aliphatic carbocycles. The predicted molar refractivity (Wildman–Crippen MR) is 93.0 cm³/mol. The van der Waals surface area contributed by atoms with Gasteiger partial charge in [-0.3, -0.25) is 19.3 Å². The second kappa shape index (κ2) is 6.69. The van der Waals surface area contributed by atoms with Gasteiger partial charge in [-0.2, -0.15) is 0 Å². The lowest BCUT2D eigenvalue weighted by Gasteiger charge is -2.33. The highest BCUT2D eigenvalue weighted by atomic mass is 16.2. The summed E-state index contributed by atoms with van der Waals surface area (Å²) in [6.45, 7) is 10.6. The monoisotopic (exact) mass is 334 g/mol. The van der Waals surface area contributed by atoms with E-state index < -0.39 is 0 Å². The zero-order valence-electron chi connectivity index (χ0n) is 15.5. The third-order valence-corrected chi connectivity index (χ3v) is 4.61. The molecule has 2 atom stereocenters. The minimum absolute atomic E-state index is 0.111. The largest absolute Gasteiger partial charge is 0.351 e. The molecule has 1 N–H and O–H groups in total. The summed E-state index contributed by atoms with van der Waals surface area (Å²) in [4.78, 5) is 38.3. The molecule has 0 bridgehead atoms. The van der Waals surface area contributed by atoms with Gasteiger partial charge >= 0.3 is 0 Å². The Morgan fingerprint density at radius 1 is 1.08 bits per heavy atom. The highest BCUT2D eigenvalue weighted by Gasteiger charge is 2.46. The number of imide groups is 1. The number of fused-ring (bicyclic) bond motifs is 1. The van der Waals surface area contributed by atoms with Crippen molar-refractivity contribution in [2.45, 2.75) is 65.8 Å². The summed E-state index contributed by atoms with van der Waals surface area (Å²) in [5.74, 6) is -0.782. The fraction of sp³-hybridized carbons (Fsp3) is 0.737. The summed E-state index contributed by atoms with van der Waals surface area (Å²) in [6, 6.07) is 0. The summed E-state index contributed by atoms with van der Waals surface area (Å²) in [6.07, 6.45) is 6.23. The van der Waals surface area contributed by atoms with Crippen molar-refractivity contribution >= 4 is 17.7 Å². The van der Waals surface area contributed by atoms with E-state index in [2.05, 4.69) is 26.1 Å². The van der Waals surface area contributed by atoms with Gasteiger partial charge in [0, 0.05) is 18.5 Å². The van der Waals surface area contributed by atoms with Crippen LogP contribution in [-0.2, 0) is 14.4 Å². The van der Waals surface area contributed by atoms with Crippen molar-refractivity contribution in [2.24, 2.45) is 17.3 Å². The van der Waals surface area contributed by atoms with Crippen LogP contribution in [0.4, 0.5) is 0 Å². The Labute approximate surface area is 144 Å². The average molecular weight is 334 g/mol. The van der Waals surface area contributed by atoms with Gasteiger partial charge in [-0.05, 0) is 38.5 Å². The number of hydrogen-bond acceptors (Lipinski definition) is 3. The molecular formula is C19H30N2O3. The van der Waals surface area contributed by atoms with Crippen LogP contribution in [0.2, 0.25) is 0 Å². The molecule has 5 nitrogen and oxygen atoms in total. The average Bonchev–Trinajstić information content (AvgIpc) is 2.66. The van der Waals surface area contributed by atoms with Gasteiger partial charge in [-0.25, -0.2) is 0 Å². The number of allylic oxidation sites excluding steroid dienone is 2. The number of nitrogens with one attached hydrogen (secondary N) is 1. The fourth-order valence-electron chi connectivity index (χ4n) is 4.11. The summed E-state index contributed by atoms with van der Waals surface area (Å²) in [7, 11) is 0. The quantitative estimate of drug-likeness (QED) is 0.621. The van der Waals surface area contributed by atoms with E-state index in [4.69, 9.17) is 0 Å². The maximum atomic E-state index is 12.4. The predicted octanol–water partition coefficient (Wildman–Crippen LogP) is 2.66. The van der Waals surface area contributed by atoms with Crippen LogP contribution < -0.4 is 5.32 Å². The van der Waals surface area contributed by atoms with Crippen molar-refractivity contribution in [2.75, 3.05) is 6.54 Å². The third kappa shape index (κ3) is 4.46. The van der Waals surface area contributed by atoms with E-state index in [1.54, 1.807) is 0 Å². The first-order chi connectivity index (χ1) is 11.0. The molecule has 1 aliphatic heterocycles. The fourth-order valence-corrected chi connectivity index (χ4v) is 4.11. The molecule has 0 aromatic rings. The highest BCUT2D eigenvalue weighted by Crippen LogP contribution is 2.35. The van der Waals surface area contributed by atoms with Crippen LogP contribution in [0.25, 0.3) is 0 Å². The lowest BCUT2D eigenvalue weighted by molar-refractivity contribution is -0.140. The van der Waals surface area contributed by atoms with Gasteiger partial charge in [-0.1, -0.05) is 32.9 Å². The third-order valence-electron chi connectivity index (χ3n) is 4.61. The standard InChI is InChI=1S/C19H30N2O3/c1-18(2,3)12-19(4,5)20-15(22)10-11-21-16(23)13-8-6-7-9-14(13)17(21)24/h6-7,13-14H,8-12H2,1-5H3,(H,20,22)/t13-,14+. The molecular weight excluding hydrogens is 304 g/mol. The van der Waals surface area contributed by atoms with Gasteiger partial charge in [0.2, 0.25) is 17.7 Å². The number of carbonyl (C=O) groups excluding carboxylic acids is 3. The van der Waals surface area contributed by atoms with E-state index in [0.717, 1.165) is 6.42 Å². The Morgan fingerprint density at radius 2 is 1.58 bits per heavy atom. The molecule has 1 saturated heterocycles. The van der Waals surface area contributed by atoms with E-state index in [0.29, 0.717) is 12.8 Å². The second-order valence-corrected chi connectivity index (χ2v) is 8.90. The van der Waals surface area contributed by atoms with E-state index >= 15 is 0 Å². The Balaban J connectivity index is 1.88. The van der Waals surface area contributed by atoms with Crippen LogP contribution in [0.5, 0.6) is 0 Å². The molecule has 1 fully saturated rings. The number of carbonyl (C=O) groups is 3. The van der Waals surface area contributed by atoms with Crippen molar-refractivity contribution < 1.29 is 14.4 Å². The Morgan fingerprint density at radius 3 is 2.04 bits per heavy atom.